The summed E-state index contributed by atoms with van der Waals surface area (Å²) in [6.45, 7) is 4.62. The van der Waals surface area contributed by atoms with Gasteiger partial charge in [0.05, 0.1) is 5.60 Å². The predicted octanol–water partition coefficient (Wildman–Crippen LogP) is 2.19. The fraction of sp³-hybridized carbons (Fsp3) is 1.00. The Morgan fingerprint density at radius 2 is 1.83 bits per heavy atom. The topological polar surface area (TPSA) is 20.2 Å². The Labute approximate surface area is 74.2 Å². The van der Waals surface area contributed by atoms with E-state index in [9.17, 15) is 5.11 Å². The van der Waals surface area contributed by atoms with Crippen LogP contribution >= 0.6 is 0 Å². The molecule has 68 valence electrons. The highest BCUT2D eigenvalue weighted by molar-refractivity contribution is 5.16. The fourth-order valence-electron chi connectivity index (χ4n) is 4.40. The molecule has 0 aromatic heterocycles. The molecule has 1 heteroatoms. The van der Waals surface area contributed by atoms with Crippen LogP contribution in [0.2, 0.25) is 0 Å². The molecule has 1 N–H and O–H groups in total. The first-order valence-electron chi connectivity index (χ1n) is 5.23. The second-order valence-electron chi connectivity index (χ2n) is 6.13. The lowest BCUT2D eigenvalue weighted by Crippen LogP contribution is -2.68. The van der Waals surface area contributed by atoms with E-state index in [4.69, 9.17) is 0 Å². The maximum Gasteiger partial charge on any atom is 0.0689 e. The first kappa shape index (κ1) is 7.37. The summed E-state index contributed by atoms with van der Waals surface area (Å²) in [5, 5.41) is 10.3. The Bertz CT molecular complexity index is 233. The second kappa shape index (κ2) is 1.75. The van der Waals surface area contributed by atoms with Crippen molar-refractivity contribution >= 4 is 0 Å². The third-order valence-electron chi connectivity index (χ3n) is 4.46. The van der Waals surface area contributed by atoms with Crippen molar-refractivity contribution < 1.29 is 5.11 Å². The molecule has 0 saturated heterocycles. The van der Waals surface area contributed by atoms with E-state index in [1.165, 1.54) is 12.8 Å². The molecule has 3 aliphatic carbocycles. The average molecular weight is 166 g/mol. The van der Waals surface area contributed by atoms with Crippen molar-refractivity contribution in [2.75, 3.05) is 0 Å². The number of hydrogen-bond donors (Lipinski definition) is 1. The van der Waals surface area contributed by atoms with Crippen LogP contribution in [-0.2, 0) is 0 Å². The summed E-state index contributed by atoms with van der Waals surface area (Å²) >= 11 is 0. The third kappa shape index (κ3) is 0.693. The van der Waals surface area contributed by atoms with Crippen molar-refractivity contribution in [1.82, 2.24) is 0 Å². The van der Waals surface area contributed by atoms with Crippen LogP contribution in [0.4, 0.5) is 0 Å². The van der Waals surface area contributed by atoms with E-state index in [0.717, 1.165) is 24.7 Å². The van der Waals surface area contributed by atoms with Crippen molar-refractivity contribution in [3.63, 3.8) is 0 Å². The molecular formula is C11H18O. The average Bonchev–Trinajstić information content (AvgIpc) is 1.77. The molecular weight excluding hydrogens is 148 g/mol. The van der Waals surface area contributed by atoms with Gasteiger partial charge in [-0.15, -0.1) is 0 Å². The normalized spacial score (nSPS) is 59.8. The monoisotopic (exact) mass is 166 g/mol. The minimum absolute atomic E-state index is 0.227. The van der Waals surface area contributed by atoms with Gasteiger partial charge < -0.3 is 5.11 Å². The molecule has 0 aromatic rings. The highest BCUT2D eigenvalue weighted by Crippen LogP contribution is 2.68. The van der Waals surface area contributed by atoms with E-state index < -0.39 is 0 Å². The van der Waals surface area contributed by atoms with E-state index in [-0.39, 0.29) is 5.60 Å². The molecule has 4 unspecified atom stereocenters. The van der Waals surface area contributed by atoms with E-state index in [0.29, 0.717) is 11.3 Å². The minimum Gasteiger partial charge on any atom is -0.390 e. The van der Waals surface area contributed by atoms with Crippen molar-refractivity contribution in [2.45, 2.75) is 45.1 Å². The number of rotatable bonds is 0. The van der Waals surface area contributed by atoms with Gasteiger partial charge in [-0.1, -0.05) is 13.8 Å². The number of hydrogen-bond acceptors (Lipinski definition) is 1. The van der Waals surface area contributed by atoms with Crippen LogP contribution in [0.1, 0.15) is 39.5 Å². The lowest BCUT2D eigenvalue weighted by atomic mass is 9.38. The van der Waals surface area contributed by atoms with Crippen LogP contribution in [-0.4, -0.2) is 10.7 Å². The highest BCUT2D eigenvalue weighted by atomic mass is 16.3. The quantitative estimate of drug-likeness (QED) is 0.585. The Morgan fingerprint density at radius 3 is 2.42 bits per heavy atom. The molecule has 0 amide bonds. The van der Waals surface area contributed by atoms with Crippen LogP contribution < -0.4 is 0 Å². The highest BCUT2D eigenvalue weighted by Gasteiger charge is 2.66. The van der Waals surface area contributed by atoms with E-state index in [2.05, 4.69) is 13.8 Å². The molecule has 3 saturated carbocycles. The molecule has 0 spiro atoms. The lowest BCUT2D eigenvalue weighted by Gasteiger charge is -2.69. The van der Waals surface area contributed by atoms with E-state index >= 15 is 0 Å². The van der Waals surface area contributed by atoms with E-state index in [1.54, 1.807) is 0 Å². The summed E-state index contributed by atoms with van der Waals surface area (Å²) in [7, 11) is 0. The summed E-state index contributed by atoms with van der Waals surface area (Å²) < 4.78 is 0. The van der Waals surface area contributed by atoms with Gasteiger partial charge in [-0.25, -0.2) is 0 Å². The first-order chi connectivity index (χ1) is 5.50. The molecule has 0 aliphatic heterocycles. The predicted molar refractivity (Wildman–Crippen MR) is 47.7 cm³/mol. The molecule has 3 rings (SSSR count). The van der Waals surface area contributed by atoms with Gasteiger partial charge in [0.2, 0.25) is 0 Å². The molecule has 0 heterocycles. The van der Waals surface area contributed by atoms with Gasteiger partial charge in [0, 0.05) is 0 Å². The smallest absolute Gasteiger partial charge is 0.0689 e. The molecule has 1 nitrogen and oxygen atoms in total. The Kier molecular flexibility index (Phi) is 1.07. The Morgan fingerprint density at radius 1 is 1.17 bits per heavy atom. The standard InChI is InChI=1S/C11H18O/c1-10(2)4-7-3-8-5-11(12,6-10)9(7)8/h7-9,12H,3-6H2,1-2H3. The molecule has 0 aromatic carbocycles. The summed E-state index contributed by atoms with van der Waals surface area (Å²) in [4.78, 5) is 0. The van der Waals surface area contributed by atoms with Crippen LogP contribution in [0.25, 0.3) is 0 Å². The van der Waals surface area contributed by atoms with Gasteiger partial charge in [-0.05, 0) is 48.9 Å². The van der Waals surface area contributed by atoms with Gasteiger partial charge in [-0.2, -0.15) is 0 Å². The summed E-state index contributed by atoms with van der Waals surface area (Å²) in [5.74, 6) is 2.50. The largest absolute Gasteiger partial charge is 0.390 e. The summed E-state index contributed by atoms with van der Waals surface area (Å²) in [5.41, 5.74) is 0.177. The van der Waals surface area contributed by atoms with Crippen molar-refractivity contribution in [3.05, 3.63) is 0 Å². The maximum absolute atomic E-state index is 10.3. The molecule has 0 bridgehead atoms. The zero-order valence-corrected chi connectivity index (χ0v) is 8.01. The van der Waals surface area contributed by atoms with Crippen molar-refractivity contribution in [2.24, 2.45) is 23.2 Å². The fourth-order valence-corrected chi connectivity index (χ4v) is 4.40. The molecule has 12 heavy (non-hydrogen) atoms. The van der Waals surface area contributed by atoms with Crippen LogP contribution in [0.3, 0.4) is 0 Å². The maximum atomic E-state index is 10.3. The summed E-state index contributed by atoms with van der Waals surface area (Å²) in [6, 6.07) is 0. The Balaban J connectivity index is 1.89. The summed E-state index contributed by atoms with van der Waals surface area (Å²) in [6.07, 6.45) is 4.93. The molecule has 0 radical (unpaired) electrons. The molecule has 4 atom stereocenters. The van der Waals surface area contributed by atoms with Crippen LogP contribution in [0.15, 0.2) is 0 Å². The van der Waals surface area contributed by atoms with Gasteiger partial charge in [0.25, 0.3) is 0 Å². The lowest BCUT2D eigenvalue weighted by molar-refractivity contribution is -0.266. The van der Waals surface area contributed by atoms with E-state index in [1.807, 2.05) is 0 Å². The molecule has 3 fully saturated rings. The van der Waals surface area contributed by atoms with Gasteiger partial charge in [-0.3, -0.25) is 0 Å². The first-order valence-corrected chi connectivity index (χ1v) is 5.23. The zero-order valence-electron chi connectivity index (χ0n) is 8.01. The second-order valence-corrected chi connectivity index (χ2v) is 6.13. The number of aliphatic hydroxyl groups is 1. The van der Waals surface area contributed by atoms with Crippen molar-refractivity contribution in [1.29, 1.82) is 0 Å². The Hall–Kier alpha value is -0.0400. The van der Waals surface area contributed by atoms with Crippen LogP contribution in [0, 0.1) is 23.2 Å². The van der Waals surface area contributed by atoms with Crippen LogP contribution in [0.5, 0.6) is 0 Å². The van der Waals surface area contributed by atoms with Gasteiger partial charge in [0.15, 0.2) is 0 Å². The molecule has 3 aliphatic rings. The van der Waals surface area contributed by atoms with Gasteiger partial charge in [0.1, 0.15) is 0 Å². The third-order valence-corrected chi connectivity index (χ3v) is 4.46. The van der Waals surface area contributed by atoms with Gasteiger partial charge >= 0.3 is 0 Å². The zero-order chi connectivity index (χ0) is 8.56. The minimum atomic E-state index is -0.227. The van der Waals surface area contributed by atoms with Crippen molar-refractivity contribution in [3.8, 4) is 0 Å². The SMILES string of the molecule is CC1(C)CC2CC3CC(O)(C1)C23.